The van der Waals surface area contributed by atoms with Crippen molar-refractivity contribution in [2.75, 3.05) is 26.4 Å². The van der Waals surface area contributed by atoms with Crippen molar-refractivity contribution in [2.24, 2.45) is 0 Å². The van der Waals surface area contributed by atoms with E-state index in [1.807, 2.05) is 0 Å². The molecule has 0 spiro atoms. The van der Waals surface area contributed by atoms with Crippen LogP contribution in [0.4, 0.5) is 0 Å². The smallest absolute Gasteiger partial charge is 0.306 e. The monoisotopic (exact) mass is 760 g/mol. The van der Waals surface area contributed by atoms with Crippen molar-refractivity contribution in [3.63, 3.8) is 0 Å². The number of phosphoric ester groups is 1. The summed E-state index contributed by atoms with van der Waals surface area (Å²) < 4.78 is 32.3. The average molecular weight is 760 g/mol. The summed E-state index contributed by atoms with van der Waals surface area (Å²) in [7, 11) is -4.86. The summed E-state index contributed by atoms with van der Waals surface area (Å²) in [6, 6.07) is 0. The molecule has 0 aromatic rings. The SMILES string of the molecule is CCCCCCC/C=C\CCCCCCCC(=O)OC[C@H](COP(=O)([O-])OCC(O)CO)OC(=O)CCCCCCC/C=C\CCCCCCCC. The molecule has 0 saturated carbocycles. The van der Waals surface area contributed by atoms with E-state index in [-0.39, 0.29) is 19.4 Å². The van der Waals surface area contributed by atoms with E-state index in [1.54, 1.807) is 0 Å². The first-order valence-corrected chi connectivity index (χ1v) is 22.2. The minimum absolute atomic E-state index is 0.158. The summed E-state index contributed by atoms with van der Waals surface area (Å²) in [5.41, 5.74) is 0. The van der Waals surface area contributed by atoms with Gasteiger partial charge in [0.15, 0.2) is 6.10 Å². The first-order chi connectivity index (χ1) is 25.2. The normalized spacial score (nSPS) is 14.2. The van der Waals surface area contributed by atoms with Crippen molar-refractivity contribution >= 4 is 19.8 Å². The van der Waals surface area contributed by atoms with Gasteiger partial charge in [-0.05, 0) is 64.2 Å². The fraction of sp³-hybridized carbons (Fsp3) is 0.854. The number of esters is 2. The molecular weight excluding hydrogens is 683 g/mol. The number of ether oxygens (including phenoxy) is 2. The van der Waals surface area contributed by atoms with Crippen molar-refractivity contribution in [2.45, 2.75) is 199 Å². The summed E-state index contributed by atoms with van der Waals surface area (Å²) in [4.78, 5) is 37.0. The lowest BCUT2D eigenvalue weighted by Crippen LogP contribution is -2.30. The molecule has 0 rings (SSSR count). The second kappa shape index (κ2) is 37.8. The third-order valence-electron chi connectivity index (χ3n) is 8.82. The van der Waals surface area contributed by atoms with Gasteiger partial charge in [0.05, 0.1) is 19.8 Å². The standard InChI is InChI=1S/C41H77O10P/c1-3-5-7-9-11-13-15-17-19-21-23-25-27-29-31-33-41(45)51-39(37-50-52(46,47)49-35-38(43)34-42)36-48-40(44)32-30-28-26-24-22-20-18-16-14-12-10-8-6-4-2/h16-19,38-39,42-43H,3-15,20-37H2,1-2H3,(H,46,47)/p-1/b18-16-,19-17-/t38?,39-/m1/s1. The highest BCUT2D eigenvalue weighted by atomic mass is 31.2. The van der Waals surface area contributed by atoms with Gasteiger partial charge in [0.25, 0.3) is 7.82 Å². The molecule has 0 heterocycles. The maximum atomic E-state index is 12.6. The van der Waals surface area contributed by atoms with Crippen LogP contribution >= 0.6 is 7.82 Å². The number of unbranched alkanes of at least 4 members (excludes halogenated alkanes) is 21. The maximum Gasteiger partial charge on any atom is 0.306 e. The molecule has 2 unspecified atom stereocenters. The molecule has 0 aromatic heterocycles. The van der Waals surface area contributed by atoms with Crippen LogP contribution in [0.2, 0.25) is 0 Å². The Labute approximate surface area is 317 Å². The summed E-state index contributed by atoms with van der Waals surface area (Å²) >= 11 is 0. The molecule has 0 radical (unpaired) electrons. The number of allylic oxidation sites excluding steroid dienone is 4. The highest BCUT2D eigenvalue weighted by molar-refractivity contribution is 7.45. The zero-order valence-corrected chi connectivity index (χ0v) is 33.9. The fourth-order valence-electron chi connectivity index (χ4n) is 5.56. The highest BCUT2D eigenvalue weighted by Crippen LogP contribution is 2.38. The summed E-state index contributed by atoms with van der Waals surface area (Å²) in [5, 5.41) is 18.2. The molecule has 0 fully saturated rings. The number of aliphatic hydroxyl groups excluding tert-OH is 2. The predicted molar refractivity (Wildman–Crippen MR) is 208 cm³/mol. The fourth-order valence-corrected chi connectivity index (χ4v) is 6.34. The lowest BCUT2D eigenvalue weighted by Gasteiger charge is -2.26. The zero-order chi connectivity index (χ0) is 38.4. The summed E-state index contributed by atoms with van der Waals surface area (Å²) in [6.45, 7) is 2.16. The van der Waals surface area contributed by atoms with E-state index in [2.05, 4.69) is 42.7 Å². The third-order valence-corrected chi connectivity index (χ3v) is 9.75. The van der Waals surface area contributed by atoms with E-state index in [0.717, 1.165) is 77.0 Å². The maximum absolute atomic E-state index is 12.6. The lowest BCUT2D eigenvalue weighted by molar-refractivity contribution is -0.230. The van der Waals surface area contributed by atoms with Crippen molar-refractivity contribution in [1.82, 2.24) is 0 Å². The van der Waals surface area contributed by atoms with Gasteiger partial charge in [0.2, 0.25) is 0 Å². The van der Waals surface area contributed by atoms with Crippen LogP contribution in [0.1, 0.15) is 187 Å². The van der Waals surface area contributed by atoms with E-state index in [9.17, 15) is 24.2 Å². The predicted octanol–water partition coefficient (Wildman–Crippen LogP) is 9.98. The Bertz CT molecular complexity index is 925. The number of carbonyl (C=O) groups is 2. The van der Waals surface area contributed by atoms with Crippen molar-refractivity contribution in [3.05, 3.63) is 24.3 Å². The minimum atomic E-state index is -4.86. The van der Waals surface area contributed by atoms with Crippen molar-refractivity contribution in [1.29, 1.82) is 0 Å². The van der Waals surface area contributed by atoms with Gasteiger partial charge >= 0.3 is 11.9 Å². The van der Waals surface area contributed by atoms with Gasteiger partial charge in [-0.15, -0.1) is 0 Å². The number of aliphatic hydroxyl groups is 2. The number of carbonyl (C=O) groups excluding carboxylic acids is 2. The first-order valence-electron chi connectivity index (χ1n) is 20.8. The van der Waals surface area contributed by atoms with Crippen LogP contribution in [0.3, 0.4) is 0 Å². The molecule has 306 valence electrons. The van der Waals surface area contributed by atoms with E-state index >= 15 is 0 Å². The molecular formula is C41H76O10P-. The topological polar surface area (TPSA) is 152 Å². The van der Waals surface area contributed by atoms with Gasteiger partial charge in [-0.1, -0.05) is 134 Å². The highest BCUT2D eigenvalue weighted by Gasteiger charge is 2.21. The Balaban J connectivity index is 4.34. The van der Waals surface area contributed by atoms with E-state index in [0.29, 0.717) is 12.8 Å². The summed E-state index contributed by atoms with van der Waals surface area (Å²) in [5.74, 6) is -0.978. The van der Waals surface area contributed by atoms with Crippen molar-refractivity contribution in [3.8, 4) is 0 Å². The molecule has 3 atom stereocenters. The van der Waals surface area contributed by atoms with E-state index in [4.69, 9.17) is 19.1 Å². The Morgan fingerprint density at radius 1 is 0.577 bits per heavy atom. The van der Waals surface area contributed by atoms with E-state index < -0.39 is 51.8 Å². The Morgan fingerprint density at radius 3 is 1.40 bits per heavy atom. The third kappa shape index (κ3) is 36.8. The van der Waals surface area contributed by atoms with Gasteiger partial charge in [0, 0.05) is 12.8 Å². The largest absolute Gasteiger partial charge is 0.756 e. The molecule has 11 heteroatoms. The Hall–Kier alpha value is -1.55. The molecule has 0 amide bonds. The van der Waals surface area contributed by atoms with Crippen LogP contribution in [-0.2, 0) is 32.7 Å². The molecule has 10 nitrogen and oxygen atoms in total. The quantitative estimate of drug-likeness (QED) is 0.0268. The van der Waals surface area contributed by atoms with Gasteiger partial charge in [-0.3, -0.25) is 14.2 Å². The van der Waals surface area contributed by atoms with E-state index in [1.165, 1.54) is 70.6 Å². The van der Waals surface area contributed by atoms with Gasteiger partial charge in [-0.25, -0.2) is 0 Å². The lowest BCUT2D eigenvalue weighted by atomic mass is 10.1. The van der Waals surface area contributed by atoms with Crippen LogP contribution in [-0.4, -0.2) is 60.8 Å². The number of hydrogen-bond donors (Lipinski definition) is 2. The number of hydrogen-bond acceptors (Lipinski definition) is 10. The van der Waals surface area contributed by atoms with Crippen LogP contribution in [0.15, 0.2) is 24.3 Å². The minimum Gasteiger partial charge on any atom is -0.756 e. The number of phosphoric acid groups is 1. The van der Waals surface area contributed by atoms with Crippen LogP contribution in [0.5, 0.6) is 0 Å². The van der Waals surface area contributed by atoms with Gasteiger partial charge in [-0.2, -0.15) is 0 Å². The Kier molecular flexibility index (Phi) is 36.6. The molecule has 0 aliphatic heterocycles. The first kappa shape index (κ1) is 50.5. The average Bonchev–Trinajstić information content (AvgIpc) is 3.13. The Morgan fingerprint density at radius 2 is 0.962 bits per heavy atom. The zero-order valence-electron chi connectivity index (χ0n) is 33.0. The second-order valence-electron chi connectivity index (χ2n) is 14.0. The molecule has 0 saturated heterocycles. The number of rotatable bonds is 39. The second-order valence-corrected chi connectivity index (χ2v) is 15.4. The summed E-state index contributed by atoms with van der Waals surface area (Å²) in [6.07, 6.45) is 35.4. The van der Waals surface area contributed by atoms with Crippen LogP contribution < -0.4 is 4.89 Å². The van der Waals surface area contributed by atoms with Crippen LogP contribution in [0, 0.1) is 0 Å². The molecule has 0 aliphatic rings. The molecule has 2 N–H and O–H groups in total. The molecule has 0 aromatic carbocycles. The molecule has 0 bridgehead atoms. The molecule has 0 aliphatic carbocycles. The molecule has 52 heavy (non-hydrogen) atoms. The van der Waals surface area contributed by atoms with Gasteiger partial charge in [0.1, 0.15) is 12.7 Å². The van der Waals surface area contributed by atoms with Crippen molar-refractivity contribution < 1.29 is 47.8 Å². The van der Waals surface area contributed by atoms with Gasteiger partial charge < -0.3 is 33.6 Å². The van der Waals surface area contributed by atoms with Crippen LogP contribution in [0.25, 0.3) is 0 Å².